The van der Waals surface area contributed by atoms with E-state index in [0.29, 0.717) is 18.3 Å². The number of nitrogens with one attached hydrogen (secondary N) is 2. The Morgan fingerprint density at radius 2 is 2.12 bits per heavy atom. The summed E-state index contributed by atoms with van der Waals surface area (Å²) in [6.07, 6.45) is 5.24. The van der Waals surface area contributed by atoms with Crippen molar-refractivity contribution < 1.29 is 4.79 Å². The van der Waals surface area contributed by atoms with E-state index in [2.05, 4.69) is 37.6 Å². The molecule has 0 aliphatic carbocycles. The molecule has 3 aromatic rings. The van der Waals surface area contributed by atoms with Crippen molar-refractivity contribution in [2.75, 3.05) is 32.0 Å². The standard InChI is InChI=1S/C18H21N7O/c1-12-5-15(3-4-19-12)25-16-9-20-17(6-14(16)8-22-25)23-18(26)21-7-13-10-24(2)11-13/h3-6,8-9,13H,7,10-11H2,1-2H3,(H2,20,21,23,26). The van der Waals surface area contributed by atoms with E-state index in [-0.39, 0.29) is 6.03 Å². The van der Waals surface area contributed by atoms with Crippen LogP contribution in [0.15, 0.2) is 36.8 Å². The Morgan fingerprint density at radius 3 is 2.88 bits per heavy atom. The minimum atomic E-state index is -0.233. The summed E-state index contributed by atoms with van der Waals surface area (Å²) in [5.41, 5.74) is 2.73. The van der Waals surface area contributed by atoms with Gasteiger partial charge in [0.15, 0.2) is 0 Å². The monoisotopic (exact) mass is 351 g/mol. The second-order valence-corrected chi connectivity index (χ2v) is 6.76. The first-order chi connectivity index (χ1) is 12.6. The van der Waals surface area contributed by atoms with Crippen molar-refractivity contribution in [3.05, 3.63) is 42.5 Å². The molecule has 2 amide bonds. The largest absolute Gasteiger partial charge is 0.337 e. The molecule has 3 aromatic heterocycles. The Labute approximate surface area is 151 Å². The number of carbonyl (C=O) groups is 1. The van der Waals surface area contributed by atoms with Gasteiger partial charge in [0.25, 0.3) is 0 Å². The first kappa shape index (κ1) is 16.5. The van der Waals surface area contributed by atoms with E-state index < -0.39 is 0 Å². The highest BCUT2D eigenvalue weighted by molar-refractivity contribution is 5.91. The van der Waals surface area contributed by atoms with Crippen LogP contribution in [0.5, 0.6) is 0 Å². The second kappa shape index (κ2) is 6.72. The van der Waals surface area contributed by atoms with Crippen LogP contribution >= 0.6 is 0 Å². The molecule has 0 radical (unpaired) electrons. The fraction of sp³-hybridized carbons (Fsp3) is 0.333. The first-order valence-electron chi connectivity index (χ1n) is 8.59. The third-order valence-electron chi connectivity index (χ3n) is 4.51. The van der Waals surface area contributed by atoms with Crippen LogP contribution in [0.1, 0.15) is 5.69 Å². The van der Waals surface area contributed by atoms with Crippen LogP contribution in [0.2, 0.25) is 0 Å². The summed E-state index contributed by atoms with van der Waals surface area (Å²) >= 11 is 0. The van der Waals surface area contributed by atoms with Gasteiger partial charge in [0.1, 0.15) is 5.82 Å². The van der Waals surface area contributed by atoms with Gasteiger partial charge in [0, 0.05) is 42.8 Å². The van der Waals surface area contributed by atoms with E-state index in [4.69, 9.17) is 0 Å². The van der Waals surface area contributed by atoms with Crippen LogP contribution in [0, 0.1) is 12.8 Å². The number of amides is 2. The van der Waals surface area contributed by atoms with Gasteiger partial charge in [-0.2, -0.15) is 5.10 Å². The first-order valence-corrected chi connectivity index (χ1v) is 8.59. The van der Waals surface area contributed by atoms with Gasteiger partial charge in [0.2, 0.25) is 0 Å². The molecule has 0 unspecified atom stereocenters. The molecule has 26 heavy (non-hydrogen) atoms. The SMILES string of the molecule is Cc1cc(-n2ncc3cc(NC(=O)NCC4CN(C)C4)ncc32)ccn1. The Hall–Kier alpha value is -3.00. The molecule has 1 aliphatic heterocycles. The number of hydrogen-bond donors (Lipinski definition) is 2. The molecule has 0 bridgehead atoms. The van der Waals surface area contributed by atoms with Crippen molar-refractivity contribution in [3.63, 3.8) is 0 Å². The molecule has 2 N–H and O–H groups in total. The van der Waals surface area contributed by atoms with Crippen molar-refractivity contribution >= 4 is 22.8 Å². The molecule has 0 atom stereocenters. The number of nitrogens with zero attached hydrogens (tertiary/aromatic N) is 5. The lowest BCUT2D eigenvalue weighted by molar-refractivity contribution is 0.134. The van der Waals surface area contributed by atoms with Crippen molar-refractivity contribution in [2.24, 2.45) is 5.92 Å². The zero-order valence-corrected chi connectivity index (χ0v) is 14.8. The van der Waals surface area contributed by atoms with E-state index in [1.165, 1.54) is 0 Å². The Kier molecular flexibility index (Phi) is 4.26. The highest BCUT2D eigenvalue weighted by atomic mass is 16.2. The number of likely N-dealkylation sites (tertiary alicyclic amines) is 1. The number of anilines is 1. The molecule has 1 saturated heterocycles. The predicted molar refractivity (Wildman–Crippen MR) is 99.4 cm³/mol. The molecular formula is C18H21N7O. The molecule has 1 aliphatic rings. The van der Waals surface area contributed by atoms with E-state index in [1.54, 1.807) is 18.6 Å². The number of aromatic nitrogens is 4. The molecule has 4 rings (SSSR count). The van der Waals surface area contributed by atoms with Crippen molar-refractivity contribution in [2.45, 2.75) is 6.92 Å². The lowest BCUT2D eigenvalue weighted by Crippen LogP contribution is -2.49. The van der Waals surface area contributed by atoms with Crippen molar-refractivity contribution in [3.8, 4) is 5.69 Å². The minimum absolute atomic E-state index is 0.233. The Bertz CT molecular complexity index is 946. The molecule has 0 spiro atoms. The summed E-state index contributed by atoms with van der Waals surface area (Å²) in [7, 11) is 2.07. The number of pyridine rings is 2. The van der Waals surface area contributed by atoms with Crippen LogP contribution < -0.4 is 10.6 Å². The molecule has 1 fully saturated rings. The average Bonchev–Trinajstić information content (AvgIpc) is 3.01. The number of aryl methyl sites for hydroxylation is 1. The van der Waals surface area contributed by atoms with Gasteiger partial charge in [0.05, 0.1) is 23.6 Å². The van der Waals surface area contributed by atoms with Gasteiger partial charge in [-0.3, -0.25) is 10.3 Å². The lowest BCUT2D eigenvalue weighted by Gasteiger charge is -2.36. The minimum Gasteiger partial charge on any atom is -0.337 e. The average molecular weight is 351 g/mol. The molecule has 4 heterocycles. The zero-order chi connectivity index (χ0) is 18.1. The van der Waals surface area contributed by atoms with E-state index in [0.717, 1.165) is 35.4 Å². The van der Waals surface area contributed by atoms with Crippen LogP contribution in [0.3, 0.4) is 0 Å². The van der Waals surface area contributed by atoms with Gasteiger partial charge >= 0.3 is 6.03 Å². The zero-order valence-electron chi connectivity index (χ0n) is 14.8. The Morgan fingerprint density at radius 1 is 1.27 bits per heavy atom. The van der Waals surface area contributed by atoms with E-state index in [9.17, 15) is 4.79 Å². The normalized spacial score (nSPS) is 15.0. The third kappa shape index (κ3) is 3.36. The number of carbonyl (C=O) groups excluding carboxylic acids is 1. The maximum Gasteiger partial charge on any atom is 0.320 e. The second-order valence-electron chi connectivity index (χ2n) is 6.76. The summed E-state index contributed by atoms with van der Waals surface area (Å²) < 4.78 is 1.81. The summed E-state index contributed by atoms with van der Waals surface area (Å²) in [5.74, 6) is 1.04. The van der Waals surface area contributed by atoms with E-state index in [1.807, 2.05) is 29.8 Å². The van der Waals surface area contributed by atoms with Gasteiger partial charge < -0.3 is 10.2 Å². The molecule has 0 aromatic carbocycles. The summed E-state index contributed by atoms with van der Waals surface area (Å²) in [6, 6.07) is 5.45. The van der Waals surface area contributed by atoms with Crippen LogP contribution in [-0.4, -0.2) is 57.4 Å². The summed E-state index contributed by atoms with van der Waals surface area (Å²) in [5, 5.41) is 11.0. The van der Waals surface area contributed by atoms with Crippen molar-refractivity contribution in [1.29, 1.82) is 0 Å². The number of rotatable bonds is 4. The maximum absolute atomic E-state index is 12.0. The highest BCUT2D eigenvalue weighted by Crippen LogP contribution is 2.20. The highest BCUT2D eigenvalue weighted by Gasteiger charge is 2.23. The quantitative estimate of drug-likeness (QED) is 0.748. The topological polar surface area (TPSA) is 88.0 Å². The van der Waals surface area contributed by atoms with E-state index >= 15 is 0 Å². The summed E-state index contributed by atoms with van der Waals surface area (Å²) in [6.45, 7) is 4.67. The smallest absolute Gasteiger partial charge is 0.320 e. The third-order valence-corrected chi connectivity index (χ3v) is 4.51. The van der Waals surface area contributed by atoms with Crippen molar-refractivity contribution in [1.82, 2.24) is 30.0 Å². The molecule has 134 valence electrons. The fourth-order valence-electron chi connectivity index (χ4n) is 3.22. The molecule has 8 heteroatoms. The van der Waals surface area contributed by atoms with Crippen LogP contribution in [0.4, 0.5) is 10.6 Å². The summed E-state index contributed by atoms with van der Waals surface area (Å²) in [4.78, 5) is 22.8. The van der Waals surface area contributed by atoms with Crippen LogP contribution in [-0.2, 0) is 0 Å². The predicted octanol–water partition coefficient (Wildman–Crippen LogP) is 1.81. The van der Waals surface area contributed by atoms with Gasteiger partial charge in [-0.15, -0.1) is 0 Å². The maximum atomic E-state index is 12.0. The Balaban J connectivity index is 1.45. The van der Waals surface area contributed by atoms with Gasteiger partial charge in [-0.25, -0.2) is 14.5 Å². The lowest BCUT2D eigenvalue weighted by atomic mass is 10.0. The number of fused-ring (bicyclic) bond motifs is 1. The van der Waals surface area contributed by atoms with Gasteiger partial charge in [-0.1, -0.05) is 0 Å². The molecule has 8 nitrogen and oxygen atoms in total. The number of urea groups is 1. The molecular weight excluding hydrogens is 330 g/mol. The number of hydrogen-bond acceptors (Lipinski definition) is 5. The fourth-order valence-corrected chi connectivity index (χ4v) is 3.22. The van der Waals surface area contributed by atoms with Crippen LogP contribution in [0.25, 0.3) is 16.6 Å². The van der Waals surface area contributed by atoms with Gasteiger partial charge in [-0.05, 0) is 32.2 Å². The molecule has 0 saturated carbocycles.